The van der Waals surface area contributed by atoms with Gasteiger partial charge in [0.05, 0.1) is 4.88 Å². The highest BCUT2D eigenvalue weighted by Crippen LogP contribution is 2.22. The van der Waals surface area contributed by atoms with Crippen molar-refractivity contribution < 1.29 is 4.79 Å². The summed E-state index contributed by atoms with van der Waals surface area (Å²) in [6, 6.07) is 2.30. The van der Waals surface area contributed by atoms with Gasteiger partial charge < -0.3 is 10.6 Å². The molecule has 1 aliphatic heterocycles. The van der Waals surface area contributed by atoms with Crippen LogP contribution in [0.2, 0.25) is 0 Å². The highest BCUT2D eigenvalue weighted by atomic mass is 32.1. The predicted molar refractivity (Wildman–Crippen MR) is 71.8 cm³/mol. The largest absolute Gasteiger partial charge is 0.347 e. The van der Waals surface area contributed by atoms with Crippen molar-refractivity contribution in [2.45, 2.75) is 39.2 Å². The summed E-state index contributed by atoms with van der Waals surface area (Å²) >= 11 is 1.62. The summed E-state index contributed by atoms with van der Waals surface area (Å²) in [6.45, 7) is 6.18. The van der Waals surface area contributed by atoms with E-state index in [2.05, 4.69) is 24.5 Å². The molecule has 1 atom stereocenters. The van der Waals surface area contributed by atoms with E-state index in [-0.39, 0.29) is 5.91 Å². The number of hydrogen-bond acceptors (Lipinski definition) is 3. The standard InChI is InChI=1S/C13H20N2OS/c1-3-11-9(2)7-12(17-11)13(16)15-10-5-4-6-14-8-10/h7,10,14H,3-6,8H2,1-2H3,(H,15,16). The molecule has 0 saturated carbocycles. The van der Waals surface area contributed by atoms with Crippen LogP contribution >= 0.6 is 11.3 Å². The van der Waals surface area contributed by atoms with Crippen molar-refractivity contribution in [3.63, 3.8) is 0 Å². The SMILES string of the molecule is CCc1sc(C(=O)NC2CCCNC2)cc1C. The monoisotopic (exact) mass is 252 g/mol. The summed E-state index contributed by atoms with van der Waals surface area (Å²) < 4.78 is 0. The Balaban J connectivity index is 1.98. The normalized spacial score (nSPS) is 20.2. The first-order chi connectivity index (χ1) is 8.20. The minimum Gasteiger partial charge on any atom is -0.347 e. The molecule has 2 heterocycles. The van der Waals surface area contributed by atoms with Crippen LogP contribution in [0.4, 0.5) is 0 Å². The Morgan fingerprint density at radius 3 is 3.06 bits per heavy atom. The maximum absolute atomic E-state index is 12.1. The third-order valence-corrected chi connectivity index (χ3v) is 4.58. The molecule has 94 valence electrons. The fourth-order valence-electron chi connectivity index (χ4n) is 2.21. The van der Waals surface area contributed by atoms with E-state index in [1.807, 2.05) is 6.07 Å². The second-order valence-corrected chi connectivity index (χ2v) is 5.72. The Morgan fingerprint density at radius 1 is 1.65 bits per heavy atom. The topological polar surface area (TPSA) is 41.1 Å². The smallest absolute Gasteiger partial charge is 0.261 e. The summed E-state index contributed by atoms with van der Waals surface area (Å²) in [6.07, 6.45) is 3.24. The molecule has 0 bridgehead atoms. The van der Waals surface area contributed by atoms with Crippen molar-refractivity contribution in [3.8, 4) is 0 Å². The molecular weight excluding hydrogens is 232 g/mol. The zero-order valence-electron chi connectivity index (χ0n) is 10.5. The fourth-order valence-corrected chi connectivity index (χ4v) is 3.23. The van der Waals surface area contributed by atoms with E-state index < -0.39 is 0 Å². The Hall–Kier alpha value is -0.870. The third kappa shape index (κ3) is 3.07. The Morgan fingerprint density at radius 2 is 2.47 bits per heavy atom. The molecule has 2 rings (SSSR count). The number of rotatable bonds is 3. The van der Waals surface area contributed by atoms with E-state index in [4.69, 9.17) is 0 Å². The number of thiophene rings is 1. The molecular formula is C13H20N2OS. The average molecular weight is 252 g/mol. The van der Waals surface area contributed by atoms with Crippen LogP contribution in [0.5, 0.6) is 0 Å². The number of carbonyl (C=O) groups is 1. The maximum atomic E-state index is 12.1. The lowest BCUT2D eigenvalue weighted by atomic mass is 10.1. The van der Waals surface area contributed by atoms with Gasteiger partial charge in [0.2, 0.25) is 0 Å². The van der Waals surface area contributed by atoms with Crippen LogP contribution in [0, 0.1) is 6.92 Å². The van der Waals surface area contributed by atoms with Gasteiger partial charge in [-0.15, -0.1) is 11.3 Å². The minimum atomic E-state index is 0.0894. The third-order valence-electron chi connectivity index (χ3n) is 3.20. The first-order valence-electron chi connectivity index (χ1n) is 6.31. The first-order valence-corrected chi connectivity index (χ1v) is 7.13. The van der Waals surface area contributed by atoms with Crippen LogP contribution < -0.4 is 10.6 Å². The van der Waals surface area contributed by atoms with E-state index >= 15 is 0 Å². The summed E-state index contributed by atoms with van der Waals surface area (Å²) in [5.41, 5.74) is 1.24. The van der Waals surface area contributed by atoms with Crippen LogP contribution in [0.25, 0.3) is 0 Å². The van der Waals surface area contributed by atoms with Crippen LogP contribution in [0.1, 0.15) is 39.9 Å². The molecule has 0 spiro atoms. The molecule has 1 unspecified atom stereocenters. The van der Waals surface area contributed by atoms with Gasteiger partial charge in [0, 0.05) is 17.5 Å². The van der Waals surface area contributed by atoms with Gasteiger partial charge in [-0.05, 0) is 44.4 Å². The molecule has 2 N–H and O–H groups in total. The quantitative estimate of drug-likeness (QED) is 0.865. The second-order valence-electron chi connectivity index (χ2n) is 4.59. The van der Waals surface area contributed by atoms with Crippen molar-refractivity contribution in [3.05, 3.63) is 21.4 Å². The van der Waals surface area contributed by atoms with Gasteiger partial charge in [-0.1, -0.05) is 6.92 Å². The van der Waals surface area contributed by atoms with Gasteiger partial charge in [-0.2, -0.15) is 0 Å². The van der Waals surface area contributed by atoms with E-state index in [1.54, 1.807) is 11.3 Å². The first kappa shape index (κ1) is 12.6. The summed E-state index contributed by atoms with van der Waals surface area (Å²) in [5.74, 6) is 0.0894. The van der Waals surface area contributed by atoms with Crippen molar-refractivity contribution >= 4 is 17.2 Å². The number of nitrogens with one attached hydrogen (secondary N) is 2. The summed E-state index contributed by atoms with van der Waals surface area (Å²) in [4.78, 5) is 14.2. The van der Waals surface area contributed by atoms with E-state index in [1.165, 1.54) is 10.4 Å². The molecule has 1 aromatic rings. The van der Waals surface area contributed by atoms with Gasteiger partial charge in [0.15, 0.2) is 0 Å². The van der Waals surface area contributed by atoms with Crippen LogP contribution in [-0.2, 0) is 6.42 Å². The van der Waals surface area contributed by atoms with Gasteiger partial charge >= 0.3 is 0 Å². The number of piperidine rings is 1. The van der Waals surface area contributed by atoms with E-state index in [0.717, 1.165) is 37.2 Å². The van der Waals surface area contributed by atoms with E-state index in [0.29, 0.717) is 6.04 Å². The van der Waals surface area contributed by atoms with Crippen molar-refractivity contribution in [2.75, 3.05) is 13.1 Å². The zero-order chi connectivity index (χ0) is 12.3. The Labute approximate surface area is 107 Å². The molecule has 1 aromatic heterocycles. The molecule has 1 aliphatic rings. The van der Waals surface area contributed by atoms with Crippen LogP contribution in [-0.4, -0.2) is 25.0 Å². The van der Waals surface area contributed by atoms with Gasteiger partial charge in [-0.3, -0.25) is 4.79 Å². The van der Waals surface area contributed by atoms with Gasteiger partial charge in [-0.25, -0.2) is 0 Å². The lowest BCUT2D eigenvalue weighted by Gasteiger charge is -2.23. The minimum absolute atomic E-state index is 0.0894. The molecule has 17 heavy (non-hydrogen) atoms. The highest BCUT2D eigenvalue weighted by molar-refractivity contribution is 7.14. The molecule has 0 aliphatic carbocycles. The van der Waals surface area contributed by atoms with Crippen molar-refractivity contribution in [1.82, 2.24) is 10.6 Å². The van der Waals surface area contributed by atoms with E-state index in [9.17, 15) is 4.79 Å². The van der Waals surface area contributed by atoms with Crippen LogP contribution in [0.3, 0.4) is 0 Å². The average Bonchev–Trinajstić information content (AvgIpc) is 2.72. The number of carbonyl (C=O) groups excluding carboxylic acids is 1. The maximum Gasteiger partial charge on any atom is 0.261 e. The number of hydrogen-bond donors (Lipinski definition) is 2. The van der Waals surface area contributed by atoms with Gasteiger partial charge in [0.1, 0.15) is 0 Å². The highest BCUT2D eigenvalue weighted by Gasteiger charge is 2.18. The molecule has 1 amide bonds. The molecule has 1 saturated heterocycles. The van der Waals surface area contributed by atoms with Crippen molar-refractivity contribution in [1.29, 1.82) is 0 Å². The molecule has 3 nitrogen and oxygen atoms in total. The summed E-state index contributed by atoms with van der Waals surface area (Å²) in [7, 11) is 0. The molecule has 0 aromatic carbocycles. The molecule has 4 heteroatoms. The Bertz CT molecular complexity index is 394. The Kier molecular flexibility index (Phi) is 4.18. The lowest BCUT2D eigenvalue weighted by molar-refractivity contribution is 0.0935. The molecule has 1 fully saturated rings. The number of amides is 1. The van der Waals surface area contributed by atoms with Gasteiger partial charge in [0.25, 0.3) is 5.91 Å². The number of aryl methyl sites for hydroxylation is 2. The summed E-state index contributed by atoms with van der Waals surface area (Å²) in [5, 5.41) is 6.42. The second kappa shape index (κ2) is 5.65. The molecule has 0 radical (unpaired) electrons. The fraction of sp³-hybridized carbons (Fsp3) is 0.615. The zero-order valence-corrected chi connectivity index (χ0v) is 11.3. The predicted octanol–water partition coefficient (Wildman–Crippen LogP) is 2.10. The van der Waals surface area contributed by atoms with Crippen molar-refractivity contribution in [2.24, 2.45) is 0 Å². The lowest BCUT2D eigenvalue weighted by Crippen LogP contribution is -2.45. The van der Waals surface area contributed by atoms with Crippen LogP contribution in [0.15, 0.2) is 6.07 Å².